The first-order valence-electron chi connectivity index (χ1n) is 7.85. The summed E-state index contributed by atoms with van der Waals surface area (Å²) in [5.41, 5.74) is -0.625. The van der Waals surface area contributed by atoms with Crippen molar-refractivity contribution in [2.24, 2.45) is 5.92 Å². The highest BCUT2D eigenvalue weighted by atomic mass is 16.6. The van der Waals surface area contributed by atoms with Gasteiger partial charge in [0.2, 0.25) is 0 Å². The topological polar surface area (TPSA) is 72.9 Å². The third-order valence-corrected chi connectivity index (χ3v) is 4.01. The van der Waals surface area contributed by atoms with Crippen LogP contribution < -0.4 is 0 Å². The molecule has 1 aliphatic heterocycles. The number of hydrogen-bond acceptors (Lipinski definition) is 5. The highest BCUT2D eigenvalue weighted by Crippen LogP contribution is 2.29. The Hall–Kier alpha value is -1.43. The van der Waals surface area contributed by atoms with Crippen molar-refractivity contribution in [1.82, 2.24) is 4.90 Å². The molecule has 22 heavy (non-hydrogen) atoms. The van der Waals surface area contributed by atoms with Crippen molar-refractivity contribution >= 4 is 17.7 Å². The van der Waals surface area contributed by atoms with E-state index in [0.29, 0.717) is 25.9 Å². The lowest BCUT2D eigenvalue weighted by molar-refractivity contribution is -0.143. The zero-order valence-corrected chi connectivity index (χ0v) is 13.8. The molecule has 1 heterocycles. The predicted octanol–water partition coefficient (Wildman–Crippen LogP) is 1.95. The molecule has 0 aromatic heterocycles. The van der Waals surface area contributed by atoms with Gasteiger partial charge < -0.3 is 9.47 Å². The first-order chi connectivity index (χ1) is 10.2. The summed E-state index contributed by atoms with van der Waals surface area (Å²) < 4.78 is 10.9. The van der Waals surface area contributed by atoms with E-state index in [1.54, 1.807) is 20.8 Å². The fourth-order valence-corrected chi connectivity index (χ4v) is 3.09. The second-order valence-corrected chi connectivity index (χ2v) is 7.11. The second kappa shape index (κ2) is 6.36. The molecule has 1 aliphatic carbocycles. The lowest BCUT2D eigenvalue weighted by atomic mass is 9.80. The lowest BCUT2D eigenvalue weighted by Crippen LogP contribution is -2.60. The molecule has 6 heteroatoms. The van der Waals surface area contributed by atoms with Crippen LogP contribution >= 0.6 is 0 Å². The summed E-state index contributed by atoms with van der Waals surface area (Å²) in [6.07, 6.45) is 0.899. The van der Waals surface area contributed by atoms with Crippen LogP contribution in [-0.4, -0.2) is 53.5 Å². The molecule has 2 fully saturated rings. The standard InChI is InChI=1S/C16H25NO5/c1-10-8-21-9-11(14-12(18)6-5-7-13(14)19)17(10)15(20)22-16(2,3)4/h10-11,14H,5-9H2,1-4H3. The number of morpholine rings is 1. The number of rotatable bonds is 1. The maximum absolute atomic E-state index is 12.5. The van der Waals surface area contributed by atoms with Crippen LogP contribution in [0.5, 0.6) is 0 Å². The van der Waals surface area contributed by atoms with Gasteiger partial charge >= 0.3 is 6.09 Å². The highest BCUT2D eigenvalue weighted by molar-refractivity contribution is 6.05. The van der Waals surface area contributed by atoms with E-state index in [1.807, 2.05) is 6.92 Å². The molecule has 0 aromatic carbocycles. The Morgan fingerprint density at radius 2 is 1.77 bits per heavy atom. The van der Waals surface area contributed by atoms with Crippen LogP contribution in [0.2, 0.25) is 0 Å². The monoisotopic (exact) mass is 311 g/mol. The summed E-state index contributed by atoms with van der Waals surface area (Å²) in [5.74, 6) is -0.955. The van der Waals surface area contributed by atoms with E-state index in [4.69, 9.17) is 9.47 Å². The maximum atomic E-state index is 12.5. The molecule has 6 nitrogen and oxygen atoms in total. The Balaban J connectivity index is 2.24. The number of nitrogens with zero attached hydrogens (tertiary/aromatic N) is 1. The number of ketones is 2. The fraction of sp³-hybridized carbons (Fsp3) is 0.812. The molecule has 2 aliphatic rings. The average Bonchev–Trinajstić information content (AvgIpc) is 2.36. The van der Waals surface area contributed by atoms with Gasteiger partial charge in [-0.2, -0.15) is 0 Å². The van der Waals surface area contributed by atoms with Gasteiger partial charge in [0.15, 0.2) is 0 Å². The smallest absolute Gasteiger partial charge is 0.410 e. The first-order valence-corrected chi connectivity index (χ1v) is 7.85. The molecule has 0 bridgehead atoms. The fourth-order valence-electron chi connectivity index (χ4n) is 3.09. The Morgan fingerprint density at radius 3 is 2.32 bits per heavy atom. The van der Waals surface area contributed by atoms with Crippen molar-refractivity contribution < 1.29 is 23.9 Å². The van der Waals surface area contributed by atoms with Crippen LogP contribution in [0.1, 0.15) is 47.0 Å². The average molecular weight is 311 g/mol. The van der Waals surface area contributed by atoms with E-state index in [-0.39, 0.29) is 24.2 Å². The van der Waals surface area contributed by atoms with Gasteiger partial charge in [0.25, 0.3) is 0 Å². The minimum Gasteiger partial charge on any atom is -0.444 e. The zero-order chi connectivity index (χ0) is 16.5. The van der Waals surface area contributed by atoms with E-state index in [9.17, 15) is 14.4 Å². The van der Waals surface area contributed by atoms with Crippen molar-refractivity contribution in [2.45, 2.75) is 64.6 Å². The first kappa shape index (κ1) is 16.9. The summed E-state index contributed by atoms with van der Waals surface area (Å²) >= 11 is 0. The Bertz CT molecular complexity index is 452. The van der Waals surface area contributed by atoms with Crippen LogP contribution in [-0.2, 0) is 19.1 Å². The van der Waals surface area contributed by atoms with Gasteiger partial charge in [-0.3, -0.25) is 14.5 Å². The van der Waals surface area contributed by atoms with Crippen LogP contribution in [0.25, 0.3) is 0 Å². The molecule has 0 radical (unpaired) electrons. The molecule has 2 unspecified atom stereocenters. The van der Waals surface area contributed by atoms with Gasteiger partial charge in [0, 0.05) is 12.8 Å². The van der Waals surface area contributed by atoms with Crippen LogP contribution in [0.4, 0.5) is 4.79 Å². The molecule has 0 N–H and O–H groups in total. The number of carbonyl (C=O) groups is 3. The Labute approximate surface area is 131 Å². The normalized spacial score (nSPS) is 27.9. The van der Waals surface area contributed by atoms with Crippen molar-refractivity contribution in [3.63, 3.8) is 0 Å². The van der Waals surface area contributed by atoms with E-state index in [1.165, 1.54) is 4.90 Å². The molecular weight excluding hydrogens is 286 g/mol. The molecule has 0 aromatic rings. The van der Waals surface area contributed by atoms with Gasteiger partial charge in [0.05, 0.1) is 31.2 Å². The largest absolute Gasteiger partial charge is 0.444 e. The number of ether oxygens (including phenoxy) is 2. The number of amides is 1. The summed E-state index contributed by atoms with van der Waals surface area (Å²) in [6, 6.07) is -0.782. The van der Waals surface area contributed by atoms with Gasteiger partial charge in [0.1, 0.15) is 17.2 Å². The minimum atomic E-state index is -0.774. The zero-order valence-electron chi connectivity index (χ0n) is 13.8. The third-order valence-electron chi connectivity index (χ3n) is 4.01. The number of carbonyl (C=O) groups excluding carboxylic acids is 3. The molecule has 2 rings (SSSR count). The van der Waals surface area contributed by atoms with Crippen molar-refractivity contribution in [1.29, 1.82) is 0 Å². The van der Waals surface area contributed by atoms with E-state index >= 15 is 0 Å². The summed E-state index contributed by atoms with van der Waals surface area (Å²) in [4.78, 5) is 38.5. The Kier molecular flexibility index (Phi) is 4.90. The van der Waals surface area contributed by atoms with Gasteiger partial charge in [-0.15, -0.1) is 0 Å². The van der Waals surface area contributed by atoms with Crippen molar-refractivity contribution in [2.75, 3.05) is 13.2 Å². The lowest BCUT2D eigenvalue weighted by Gasteiger charge is -2.43. The Morgan fingerprint density at radius 1 is 1.18 bits per heavy atom. The third kappa shape index (κ3) is 3.66. The van der Waals surface area contributed by atoms with Gasteiger partial charge in [-0.25, -0.2) is 4.79 Å². The molecule has 1 amide bonds. The summed E-state index contributed by atoms with van der Waals surface area (Å²) in [5, 5.41) is 0. The molecule has 0 spiro atoms. The second-order valence-electron chi connectivity index (χ2n) is 7.11. The molecule has 1 saturated heterocycles. The summed E-state index contributed by atoms with van der Waals surface area (Å²) in [6.45, 7) is 7.80. The predicted molar refractivity (Wildman–Crippen MR) is 79.5 cm³/mol. The summed E-state index contributed by atoms with van der Waals surface area (Å²) in [7, 11) is 0. The van der Waals surface area contributed by atoms with E-state index in [0.717, 1.165) is 0 Å². The number of Topliss-reactive ketones (excluding diaryl/α,β-unsaturated/α-hetero) is 2. The van der Waals surface area contributed by atoms with Gasteiger partial charge in [-0.05, 0) is 34.1 Å². The SMILES string of the molecule is CC1COCC(C2C(=O)CCCC2=O)N1C(=O)OC(C)(C)C. The van der Waals surface area contributed by atoms with Crippen molar-refractivity contribution in [3.8, 4) is 0 Å². The van der Waals surface area contributed by atoms with Crippen LogP contribution in [0.15, 0.2) is 0 Å². The van der Waals surface area contributed by atoms with Crippen molar-refractivity contribution in [3.05, 3.63) is 0 Å². The van der Waals surface area contributed by atoms with Gasteiger partial charge in [-0.1, -0.05) is 0 Å². The quantitative estimate of drug-likeness (QED) is 0.692. The highest BCUT2D eigenvalue weighted by Gasteiger charge is 2.45. The number of hydrogen-bond donors (Lipinski definition) is 0. The maximum Gasteiger partial charge on any atom is 0.410 e. The molecule has 124 valence electrons. The van der Waals surface area contributed by atoms with E-state index < -0.39 is 23.7 Å². The van der Waals surface area contributed by atoms with Crippen LogP contribution in [0.3, 0.4) is 0 Å². The van der Waals surface area contributed by atoms with Crippen LogP contribution in [0, 0.1) is 5.92 Å². The molecular formula is C16H25NO5. The minimum absolute atomic E-state index is 0.0903. The molecule has 2 atom stereocenters. The van der Waals surface area contributed by atoms with E-state index in [2.05, 4.69) is 0 Å². The molecule has 1 saturated carbocycles.